The normalized spacial score (nSPS) is 19.3. The molecule has 2 fully saturated rings. The van der Waals surface area contributed by atoms with E-state index in [1.54, 1.807) is 24.3 Å². The van der Waals surface area contributed by atoms with Gasteiger partial charge in [0, 0.05) is 35.5 Å². The Kier molecular flexibility index (Phi) is 10.9. The molecule has 3 atom stereocenters. The van der Waals surface area contributed by atoms with Gasteiger partial charge in [0.15, 0.2) is 0 Å². The summed E-state index contributed by atoms with van der Waals surface area (Å²) in [5.41, 5.74) is 0.793. The fourth-order valence-corrected chi connectivity index (χ4v) is 5.40. The molecular formula is C31H33ClFN3O7. The SMILES string of the molecule is COC(=O)[C@H](C[C@@H]1CCCC1=O)NC(=O)[C@@H]1CCCN(C(=O)OCc2ccccc2)N1C(=O)/C=C/c1ccc(Cl)cc1F. The summed E-state index contributed by atoms with van der Waals surface area (Å²) in [6.45, 7) is 0.00399. The maximum atomic E-state index is 14.4. The molecule has 0 radical (unpaired) electrons. The Morgan fingerprint density at radius 1 is 1.12 bits per heavy atom. The van der Waals surface area contributed by atoms with Crippen LogP contribution in [-0.2, 0) is 35.3 Å². The van der Waals surface area contributed by atoms with Gasteiger partial charge in [0.1, 0.15) is 30.3 Å². The molecule has 1 heterocycles. The minimum atomic E-state index is -1.21. The average Bonchev–Trinajstić information content (AvgIpc) is 3.42. The largest absolute Gasteiger partial charge is 0.467 e. The lowest BCUT2D eigenvalue weighted by atomic mass is 9.97. The number of amides is 3. The second-order valence-electron chi connectivity index (χ2n) is 10.4. The van der Waals surface area contributed by atoms with Crippen molar-refractivity contribution in [3.8, 4) is 0 Å². The van der Waals surface area contributed by atoms with Crippen molar-refractivity contribution in [2.45, 2.75) is 57.2 Å². The molecule has 12 heteroatoms. The van der Waals surface area contributed by atoms with Gasteiger partial charge in [-0.1, -0.05) is 48.0 Å². The van der Waals surface area contributed by atoms with Crippen LogP contribution >= 0.6 is 11.6 Å². The molecule has 228 valence electrons. The highest BCUT2D eigenvalue weighted by Crippen LogP contribution is 2.27. The molecule has 1 saturated carbocycles. The van der Waals surface area contributed by atoms with E-state index in [1.807, 2.05) is 6.07 Å². The van der Waals surface area contributed by atoms with E-state index in [0.29, 0.717) is 25.7 Å². The number of carbonyl (C=O) groups excluding carboxylic acids is 5. The summed E-state index contributed by atoms with van der Waals surface area (Å²) in [5, 5.41) is 4.82. The third-order valence-corrected chi connectivity index (χ3v) is 7.70. The van der Waals surface area contributed by atoms with Crippen molar-refractivity contribution in [1.82, 2.24) is 15.3 Å². The van der Waals surface area contributed by atoms with Gasteiger partial charge in [-0.3, -0.25) is 14.4 Å². The fraction of sp³-hybridized carbons (Fsp3) is 0.387. The number of ketones is 1. The third-order valence-electron chi connectivity index (χ3n) is 7.47. The van der Waals surface area contributed by atoms with Crippen LogP contribution in [0.3, 0.4) is 0 Å². The topological polar surface area (TPSA) is 122 Å². The van der Waals surface area contributed by atoms with Crippen LogP contribution in [-0.4, -0.2) is 65.4 Å². The van der Waals surface area contributed by atoms with Gasteiger partial charge in [-0.05, 0) is 55.9 Å². The van der Waals surface area contributed by atoms with Crippen LogP contribution in [0.1, 0.15) is 49.7 Å². The van der Waals surface area contributed by atoms with Crippen molar-refractivity contribution in [1.29, 1.82) is 0 Å². The third kappa shape index (κ3) is 8.19. The van der Waals surface area contributed by atoms with Gasteiger partial charge in [0.2, 0.25) is 5.91 Å². The van der Waals surface area contributed by atoms with Crippen LogP contribution in [0.15, 0.2) is 54.6 Å². The van der Waals surface area contributed by atoms with Crippen molar-refractivity contribution in [3.63, 3.8) is 0 Å². The minimum Gasteiger partial charge on any atom is -0.467 e. The first-order valence-electron chi connectivity index (χ1n) is 14.0. The molecular weight excluding hydrogens is 581 g/mol. The van der Waals surface area contributed by atoms with E-state index < -0.39 is 47.7 Å². The van der Waals surface area contributed by atoms with Crippen LogP contribution in [0.2, 0.25) is 5.02 Å². The number of esters is 1. The molecule has 0 unspecified atom stereocenters. The van der Waals surface area contributed by atoms with Gasteiger partial charge in [0.25, 0.3) is 5.91 Å². The number of hydrogen-bond acceptors (Lipinski definition) is 7. The van der Waals surface area contributed by atoms with Gasteiger partial charge in [0.05, 0.1) is 7.11 Å². The van der Waals surface area contributed by atoms with Crippen LogP contribution in [0, 0.1) is 11.7 Å². The molecule has 43 heavy (non-hydrogen) atoms. The van der Waals surface area contributed by atoms with Crippen molar-refractivity contribution in [2.24, 2.45) is 5.92 Å². The van der Waals surface area contributed by atoms with Gasteiger partial charge >= 0.3 is 12.1 Å². The smallest absolute Gasteiger partial charge is 0.429 e. The maximum absolute atomic E-state index is 14.4. The summed E-state index contributed by atoms with van der Waals surface area (Å²) in [6.07, 6.45) is 3.70. The first kappa shape index (κ1) is 31.7. The highest BCUT2D eigenvalue weighted by molar-refractivity contribution is 6.30. The minimum absolute atomic E-state index is 0.0181. The number of hydrogen-bond donors (Lipinski definition) is 1. The molecule has 1 aliphatic heterocycles. The predicted octanol–water partition coefficient (Wildman–Crippen LogP) is 4.45. The van der Waals surface area contributed by atoms with Crippen LogP contribution in [0.25, 0.3) is 6.08 Å². The number of methoxy groups -OCH3 is 1. The molecule has 4 rings (SSSR count). The molecule has 2 aliphatic rings. The van der Waals surface area contributed by atoms with E-state index in [0.717, 1.165) is 27.7 Å². The zero-order chi connectivity index (χ0) is 30.9. The Morgan fingerprint density at radius 2 is 1.88 bits per heavy atom. The van der Waals surface area contributed by atoms with E-state index in [2.05, 4.69) is 5.32 Å². The average molecular weight is 614 g/mol. The zero-order valence-electron chi connectivity index (χ0n) is 23.7. The van der Waals surface area contributed by atoms with Gasteiger partial charge in [-0.25, -0.2) is 24.0 Å². The molecule has 3 amide bonds. The summed E-state index contributed by atoms with van der Waals surface area (Å²) in [7, 11) is 1.18. The Bertz CT molecular complexity index is 1390. The maximum Gasteiger partial charge on any atom is 0.429 e. The summed E-state index contributed by atoms with van der Waals surface area (Å²) in [4.78, 5) is 65.3. The molecule has 2 aromatic rings. The Morgan fingerprint density at radius 3 is 2.56 bits per heavy atom. The molecule has 1 N–H and O–H groups in total. The number of Topliss-reactive ketones (excluding diaryl/α,β-unsaturated/α-hetero) is 1. The van der Waals surface area contributed by atoms with E-state index in [-0.39, 0.29) is 42.4 Å². The molecule has 10 nitrogen and oxygen atoms in total. The summed E-state index contributed by atoms with van der Waals surface area (Å²) in [5.74, 6) is -3.25. The van der Waals surface area contributed by atoms with E-state index in [9.17, 15) is 28.4 Å². The van der Waals surface area contributed by atoms with Gasteiger partial charge in [-0.2, -0.15) is 0 Å². The van der Waals surface area contributed by atoms with Crippen molar-refractivity contribution in [2.75, 3.05) is 13.7 Å². The number of rotatable bonds is 9. The van der Waals surface area contributed by atoms with Crippen molar-refractivity contribution >= 4 is 47.3 Å². The van der Waals surface area contributed by atoms with Crippen LogP contribution in [0.4, 0.5) is 9.18 Å². The molecule has 2 aromatic carbocycles. The quantitative estimate of drug-likeness (QED) is 0.327. The second-order valence-corrected chi connectivity index (χ2v) is 10.8. The van der Waals surface area contributed by atoms with Gasteiger partial charge < -0.3 is 14.8 Å². The number of halogens is 2. The first-order valence-corrected chi connectivity index (χ1v) is 14.4. The monoisotopic (exact) mass is 613 g/mol. The van der Waals surface area contributed by atoms with Crippen molar-refractivity contribution < 1.29 is 37.8 Å². The second kappa shape index (κ2) is 14.8. The van der Waals surface area contributed by atoms with E-state index in [1.165, 1.54) is 25.3 Å². The van der Waals surface area contributed by atoms with Gasteiger partial charge in [-0.15, -0.1) is 0 Å². The molecule has 1 aliphatic carbocycles. The summed E-state index contributed by atoms with van der Waals surface area (Å²) < 4.78 is 24.7. The van der Waals surface area contributed by atoms with Crippen LogP contribution in [0.5, 0.6) is 0 Å². The molecule has 0 spiro atoms. The summed E-state index contributed by atoms with van der Waals surface area (Å²) in [6, 6.07) is 10.5. The Hall–Kier alpha value is -4.25. The highest BCUT2D eigenvalue weighted by Gasteiger charge is 2.41. The number of carbonyl (C=O) groups is 5. The molecule has 1 saturated heterocycles. The lowest BCUT2D eigenvalue weighted by molar-refractivity contribution is -0.160. The van der Waals surface area contributed by atoms with Crippen molar-refractivity contribution in [3.05, 3.63) is 76.6 Å². The number of nitrogens with one attached hydrogen (secondary N) is 1. The number of ether oxygens (including phenoxy) is 2. The predicted molar refractivity (Wildman–Crippen MR) is 155 cm³/mol. The standard InChI is InChI=1S/C31H33ClFN3O7/c1-42-30(40)25(17-22-9-5-11-27(22)37)34-29(39)26-10-6-16-35(31(41)43-19-20-7-3-2-4-8-20)36(26)28(38)15-13-21-12-14-23(32)18-24(21)33/h2-4,7-8,12-15,18,22,25-26H,5-6,9-11,16-17,19H2,1H3,(H,34,39)/b15-13+/t22-,25-,26-/m0/s1. The number of hydrazine groups is 1. The fourth-order valence-electron chi connectivity index (χ4n) is 5.24. The summed E-state index contributed by atoms with van der Waals surface area (Å²) >= 11 is 5.83. The zero-order valence-corrected chi connectivity index (χ0v) is 24.4. The highest BCUT2D eigenvalue weighted by atomic mass is 35.5. The lowest BCUT2D eigenvalue weighted by Crippen LogP contribution is -2.62. The number of nitrogens with zero attached hydrogens (tertiary/aromatic N) is 2. The van der Waals surface area contributed by atoms with E-state index >= 15 is 0 Å². The van der Waals surface area contributed by atoms with E-state index in [4.69, 9.17) is 21.1 Å². The number of benzene rings is 2. The first-order chi connectivity index (χ1) is 20.7. The Balaban J connectivity index is 1.58. The molecule has 0 bridgehead atoms. The lowest BCUT2D eigenvalue weighted by Gasteiger charge is -2.42. The Labute approximate surface area is 253 Å². The van der Waals surface area contributed by atoms with Crippen LogP contribution < -0.4 is 5.32 Å². The molecule has 0 aromatic heterocycles.